The average Bonchev–Trinajstić information content (AvgIpc) is 3.07. The van der Waals surface area contributed by atoms with Crippen LogP contribution < -0.4 is 0 Å². The highest BCUT2D eigenvalue weighted by Gasteiger charge is 2.17. The fourth-order valence-electron chi connectivity index (χ4n) is 2.92. The Bertz CT molecular complexity index is 613. The number of hydrogen-bond acceptors (Lipinski definition) is 7. The molecule has 1 aliphatic rings. The lowest BCUT2D eigenvalue weighted by atomic mass is 10.3. The molecule has 0 unspecified atom stereocenters. The summed E-state index contributed by atoms with van der Waals surface area (Å²) in [4.78, 5) is 9.51. The molecule has 2 aromatic rings. The Labute approximate surface area is 141 Å². The van der Waals surface area contributed by atoms with Crippen LogP contribution in [0, 0.1) is 6.92 Å². The van der Waals surface area contributed by atoms with E-state index in [1.165, 1.54) is 12.1 Å². The highest BCUT2D eigenvalue weighted by Crippen LogP contribution is 2.14. The van der Waals surface area contributed by atoms with Crippen molar-refractivity contribution in [2.24, 2.45) is 0 Å². The molecule has 7 heteroatoms. The molecule has 0 N–H and O–H groups in total. The minimum Gasteiger partial charge on any atom is -0.377 e. The van der Waals surface area contributed by atoms with E-state index >= 15 is 0 Å². The van der Waals surface area contributed by atoms with E-state index < -0.39 is 0 Å². The fraction of sp³-hybridized carbons (Fsp3) is 0.625. The molecule has 1 fully saturated rings. The maximum Gasteiger partial charge on any atom is 0.162 e. The van der Waals surface area contributed by atoms with Crippen LogP contribution in [0.15, 0.2) is 16.0 Å². The summed E-state index contributed by atoms with van der Waals surface area (Å²) in [5.41, 5.74) is 2.18. The predicted molar refractivity (Wildman–Crippen MR) is 89.2 cm³/mol. The van der Waals surface area contributed by atoms with Gasteiger partial charge in [0.05, 0.1) is 16.4 Å². The van der Waals surface area contributed by atoms with Gasteiger partial charge in [0.15, 0.2) is 5.76 Å². The Morgan fingerprint density at radius 3 is 2.57 bits per heavy atom. The Morgan fingerprint density at radius 1 is 1.17 bits per heavy atom. The lowest BCUT2D eigenvalue weighted by Crippen LogP contribution is -2.30. The molecule has 0 amide bonds. The Morgan fingerprint density at radius 2 is 1.91 bits per heavy atom. The predicted octanol–water partition coefficient (Wildman–Crippen LogP) is 2.29. The molecule has 0 atom stereocenters. The average molecular weight is 336 g/mol. The first kappa shape index (κ1) is 16.6. The zero-order valence-corrected chi connectivity index (χ0v) is 14.6. The summed E-state index contributed by atoms with van der Waals surface area (Å²) in [6, 6.07) is 1.99. The van der Waals surface area contributed by atoms with Gasteiger partial charge in [-0.2, -0.15) is 0 Å². The molecule has 1 saturated heterocycles. The zero-order chi connectivity index (χ0) is 16.1. The molecule has 3 rings (SSSR count). The van der Waals surface area contributed by atoms with E-state index in [0.717, 1.165) is 55.7 Å². The Hall–Kier alpha value is -1.28. The molecule has 23 heavy (non-hydrogen) atoms. The van der Waals surface area contributed by atoms with Crippen molar-refractivity contribution in [1.82, 2.24) is 19.9 Å². The number of ether oxygens (including phenoxy) is 1. The number of aromatic nitrogens is 2. The first-order valence-electron chi connectivity index (χ1n) is 8.02. The zero-order valence-electron chi connectivity index (χ0n) is 13.8. The van der Waals surface area contributed by atoms with Crippen LogP contribution in [0.2, 0.25) is 0 Å². The van der Waals surface area contributed by atoms with E-state index in [1.807, 2.05) is 6.07 Å². The highest BCUT2D eigenvalue weighted by molar-refractivity contribution is 7.09. The van der Waals surface area contributed by atoms with Crippen molar-refractivity contribution in [2.75, 3.05) is 33.3 Å². The van der Waals surface area contributed by atoms with E-state index in [-0.39, 0.29) is 0 Å². The van der Waals surface area contributed by atoms with Gasteiger partial charge < -0.3 is 9.26 Å². The van der Waals surface area contributed by atoms with Crippen molar-refractivity contribution in [3.63, 3.8) is 0 Å². The van der Waals surface area contributed by atoms with Crippen LogP contribution in [0.25, 0.3) is 0 Å². The molecular formula is C16H24N4O2S. The second-order valence-corrected chi connectivity index (χ2v) is 7.04. The summed E-state index contributed by atoms with van der Waals surface area (Å²) in [5, 5.41) is 7.45. The molecule has 0 aromatic carbocycles. The van der Waals surface area contributed by atoms with Crippen molar-refractivity contribution in [3.8, 4) is 0 Å². The summed E-state index contributed by atoms with van der Waals surface area (Å²) >= 11 is 1.73. The number of rotatable bonds is 6. The number of hydrogen-bond donors (Lipinski definition) is 0. The third kappa shape index (κ3) is 4.84. The monoisotopic (exact) mass is 336 g/mol. The molecule has 0 bridgehead atoms. The van der Waals surface area contributed by atoms with Gasteiger partial charge >= 0.3 is 0 Å². The summed E-state index contributed by atoms with van der Waals surface area (Å²) in [6.07, 6.45) is 1.17. The maximum atomic E-state index is 5.26. The van der Waals surface area contributed by atoms with E-state index in [4.69, 9.17) is 9.26 Å². The summed E-state index contributed by atoms with van der Waals surface area (Å²) in [7, 11) is 1.66. The molecule has 0 aliphatic carbocycles. The number of methoxy groups -OCH3 is 1. The van der Waals surface area contributed by atoms with E-state index in [2.05, 4.69) is 32.2 Å². The lowest BCUT2D eigenvalue weighted by molar-refractivity contribution is 0.155. The van der Waals surface area contributed by atoms with Crippen molar-refractivity contribution >= 4 is 11.3 Å². The number of aryl methyl sites for hydroxylation is 1. The fourth-order valence-corrected chi connectivity index (χ4v) is 3.52. The van der Waals surface area contributed by atoms with Crippen molar-refractivity contribution in [1.29, 1.82) is 0 Å². The van der Waals surface area contributed by atoms with Gasteiger partial charge in [-0.3, -0.25) is 9.80 Å². The molecule has 0 spiro atoms. The van der Waals surface area contributed by atoms with Gasteiger partial charge in [0, 0.05) is 44.7 Å². The Kier molecular flexibility index (Phi) is 5.77. The molecule has 6 nitrogen and oxygen atoms in total. The lowest BCUT2D eigenvalue weighted by Gasteiger charge is -2.20. The van der Waals surface area contributed by atoms with Crippen LogP contribution in [-0.4, -0.2) is 53.2 Å². The van der Waals surface area contributed by atoms with Crippen LogP contribution >= 0.6 is 11.3 Å². The van der Waals surface area contributed by atoms with E-state index in [0.29, 0.717) is 6.61 Å². The van der Waals surface area contributed by atoms with E-state index in [1.54, 1.807) is 18.4 Å². The first-order valence-corrected chi connectivity index (χ1v) is 8.90. The molecule has 0 radical (unpaired) electrons. The van der Waals surface area contributed by atoms with Gasteiger partial charge in [-0.05, 0) is 26.4 Å². The second kappa shape index (κ2) is 8.01. The van der Waals surface area contributed by atoms with E-state index in [9.17, 15) is 0 Å². The quantitative estimate of drug-likeness (QED) is 0.807. The normalized spacial score (nSPS) is 17.5. The topological polar surface area (TPSA) is 54.6 Å². The third-order valence-electron chi connectivity index (χ3n) is 4.01. The number of thiazole rings is 1. The van der Waals surface area contributed by atoms with Gasteiger partial charge in [-0.1, -0.05) is 5.16 Å². The van der Waals surface area contributed by atoms with Gasteiger partial charge in [0.25, 0.3) is 0 Å². The maximum absolute atomic E-state index is 5.26. The summed E-state index contributed by atoms with van der Waals surface area (Å²) < 4.78 is 10.3. The van der Waals surface area contributed by atoms with Gasteiger partial charge in [0.2, 0.25) is 0 Å². The molecule has 1 aliphatic heterocycles. The van der Waals surface area contributed by atoms with Crippen molar-refractivity contribution in [2.45, 2.75) is 33.0 Å². The van der Waals surface area contributed by atoms with Crippen LogP contribution in [0.4, 0.5) is 0 Å². The van der Waals surface area contributed by atoms with Crippen molar-refractivity contribution < 1.29 is 9.26 Å². The van der Waals surface area contributed by atoms with Crippen LogP contribution in [0.5, 0.6) is 0 Å². The molecule has 126 valence electrons. The van der Waals surface area contributed by atoms with Crippen LogP contribution in [0.1, 0.15) is 28.6 Å². The van der Waals surface area contributed by atoms with Gasteiger partial charge in [0.1, 0.15) is 6.61 Å². The minimum atomic E-state index is 0.480. The van der Waals surface area contributed by atoms with Gasteiger partial charge in [-0.25, -0.2) is 4.98 Å². The van der Waals surface area contributed by atoms with Crippen molar-refractivity contribution in [3.05, 3.63) is 33.6 Å². The molecule has 2 aromatic heterocycles. The van der Waals surface area contributed by atoms with Crippen LogP contribution in [-0.2, 0) is 24.4 Å². The minimum absolute atomic E-state index is 0.480. The standard InChI is InChI=1S/C16H24N4O2S/c1-13-17-15(12-23-13)10-20-5-3-4-19(6-7-20)9-14-8-16(11-21-2)22-18-14/h8,12H,3-7,9-11H2,1-2H3. The van der Waals surface area contributed by atoms with Gasteiger partial charge in [-0.15, -0.1) is 11.3 Å². The Balaban J connectivity index is 1.49. The SMILES string of the molecule is COCc1cc(CN2CCCN(Cc3csc(C)n3)CC2)no1. The third-order valence-corrected chi connectivity index (χ3v) is 4.84. The largest absolute Gasteiger partial charge is 0.377 e. The second-order valence-electron chi connectivity index (χ2n) is 5.98. The molecule has 3 heterocycles. The molecule has 0 saturated carbocycles. The summed E-state index contributed by atoms with van der Waals surface area (Å²) in [5.74, 6) is 0.790. The molecular weight excluding hydrogens is 312 g/mol. The number of nitrogens with zero attached hydrogens (tertiary/aromatic N) is 4. The summed E-state index contributed by atoms with van der Waals surface area (Å²) in [6.45, 7) is 8.69. The highest BCUT2D eigenvalue weighted by atomic mass is 32.1. The smallest absolute Gasteiger partial charge is 0.162 e. The first-order chi connectivity index (χ1) is 11.2. The van der Waals surface area contributed by atoms with Crippen LogP contribution in [0.3, 0.4) is 0 Å².